The van der Waals surface area contributed by atoms with E-state index < -0.39 is 0 Å². The summed E-state index contributed by atoms with van der Waals surface area (Å²) in [5, 5.41) is 1.96. The van der Waals surface area contributed by atoms with E-state index in [1.165, 1.54) is 0 Å². The number of allylic oxidation sites excluding steroid dienone is 2. The molecule has 0 saturated heterocycles. The molecule has 0 bridgehead atoms. The number of thiazole rings is 1. The van der Waals surface area contributed by atoms with Gasteiger partial charge in [0.05, 0.1) is 9.98 Å². The maximum Gasteiger partial charge on any atom is 0.155 e. The summed E-state index contributed by atoms with van der Waals surface area (Å²) in [5.74, 6) is 0. The van der Waals surface area contributed by atoms with Gasteiger partial charge in [0, 0.05) is 0 Å². The van der Waals surface area contributed by atoms with E-state index in [0.29, 0.717) is 0 Å². The van der Waals surface area contributed by atoms with Crippen LogP contribution in [-0.4, -0.2) is 4.98 Å². The SMILES string of the molecule is C=C/C=C/Sc1ncc(Br)s1. The molecule has 1 nitrogen and oxygen atoms in total. The highest BCUT2D eigenvalue weighted by atomic mass is 79.9. The molecule has 0 unspecified atom stereocenters. The lowest BCUT2D eigenvalue weighted by Crippen LogP contribution is -1.58. The van der Waals surface area contributed by atoms with Crippen molar-refractivity contribution >= 4 is 39.0 Å². The Bertz CT molecular complexity index is 267. The monoisotopic (exact) mass is 247 g/mol. The van der Waals surface area contributed by atoms with Crippen LogP contribution in [0, 0.1) is 0 Å². The lowest BCUT2D eigenvalue weighted by molar-refractivity contribution is 1.25. The van der Waals surface area contributed by atoms with Gasteiger partial charge in [-0.15, -0.1) is 11.3 Å². The zero-order valence-electron chi connectivity index (χ0n) is 5.66. The van der Waals surface area contributed by atoms with Crippen molar-refractivity contribution < 1.29 is 0 Å². The van der Waals surface area contributed by atoms with E-state index in [2.05, 4.69) is 27.5 Å². The molecule has 0 aliphatic rings. The average molecular weight is 248 g/mol. The van der Waals surface area contributed by atoms with Crippen LogP contribution in [-0.2, 0) is 0 Å². The Hall–Kier alpha value is -0.0600. The van der Waals surface area contributed by atoms with Crippen LogP contribution in [0.1, 0.15) is 0 Å². The quantitative estimate of drug-likeness (QED) is 0.597. The molecule has 1 aromatic rings. The first-order chi connectivity index (χ1) is 5.33. The lowest BCUT2D eigenvalue weighted by Gasteiger charge is -1.82. The number of hydrogen-bond donors (Lipinski definition) is 0. The summed E-state index contributed by atoms with van der Waals surface area (Å²) in [6.07, 6.45) is 5.43. The van der Waals surface area contributed by atoms with Crippen LogP contribution in [0.4, 0.5) is 0 Å². The fourth-order valence-electron chi connectivity index (χ4n) is 0.447. The molecular formula is C7H6BrNS2. The first kappa shape index (κ1) is 9.03. The fraction of sp³-hybridized carbons (Fsp3) is 0. The summed E-state index contributed by atoms with van der Waals surface area (Å²) in [6.45, 7) is 3.57. The highest BCUT2D eigenvalue weighted by Gasteiger charge is 1.95. The van der Waals surface area contributed by atoms with Crippen LogP contribution >= 0.6 is 39.0 Å². The summed E-state index contributed by atoms with van der Waals surface area (Å²) < 4.78 is 2.10. The molecule has 11 heavy (non-hydrogen) atoms. The molecule has 0 aliphatic heterocycles. The smallest absolute Gasteiger partial charge is 0.155 e. The van der Waals surface area contributed by atoms with Crippen molar-refractivity contribution in [2.24, 2.45) is 0 Å². The van der Waals surface area contributed by atoms with Gasteiger partial charge in [-0.1, -0.05) is 30.5 Å². The van der Waals surface area contributed by atoms with Gasteiger partial charge in [0.15, 0.2) is 4.34 Å². The number of hydrogen-bond acceptors (Lipinski definition) is 3. The number of rotatable bonds is 3. The van der Waals surface area contributed by atoms with E-state index >= 15 is 0 Å². The second-order valence-electron chi connectivity index (χ2n) is 1.61. The van der Waals surface area contributed by atoms with Crippen molar-refractivity contribution in [2.45, 2.75) is 4.34 Å². The highest BCUT2D eigenvalue weighted by molar-refractivity contribution is 9.11. The van der Waals surface area contributed by atoms with Gasteiger partial charge in [0.2, 0.25) is 0 Å². The van der Waals surface area contributed by atoms with E-state index in [1.807, 2.05) is 11.5 Å². The number of halogens is 1. The zero-order chi connectivity index (χ0) is 8.10. The molecule has 0 atom stereocenters. The Morgan fingerprint density at radius 3 is 3.09 bits per heavy atom. The second-order valence-corrected chi connectivity index (χ2v) is 5.18. The summed E-state index contributed by atoms with van der Waals surface area (Å²) in [5.41, 5.74) is 0. The van der Waals surface area contributed by atoms with Gasteiger partial charge in [-0.25, -0.2) is 4.98 Å². The third-order valence-corrected chi connectivity index (χ3v) is 3.25. The third-order valence-electron chi connectivity index (χ3n) is 0.840. The van der Waals surface area contributed by atoms with Gasteiger partial charge >= 0.3 is 0 Å². The lowest BCUT2D eigenvalue weighted by atomic mass is 10.6. The third kappa shape index (κ3) is 3.22. The topological polar surface area (TPSA) is 12.9 Å². The maximum atomic E-state index is 4.14. The van der Waals surface area contributed by atoms with Crippen LogP contribution in [0.3, 0.4) is 0 Å². The van der Waals surface area contributed by atoms with Gasteiger partial charge in [-0.05, 0) is 21.3 Å². The molecule has 4 heteroatoms. The van der Waals surface area contributed by atoms with Gasteiger partial charge in [0.1, 0.15) is 0 Å². The molecule has 0 N–H and O–H groups in total. The molecule has 1 rings (SSSR count). The van der Waals surface area contributed by atoms with Crippen molar-refractivity contribution in [2.75, 3.05) is 0 Å². The van der Waals surface area contributed by atoms with E-state index in [4.69, 9.17) is 0 Å². The van der Waals surface area contributed by atoms with E-state index in [0.717, 1.165) is 8.13 Å². The summed E-state index contributed by atoms with van der Waals surface area (Å²) >= 11 is 6.55. The minimum atomic E-state index is 1.04. The van der Waals surface area contributed by atoms with Crippen molar-refractivity contribution in [1.29, 1.82) is 0 Å². The largest absolute Gasteiger partial charge is 0.237 e. The second kappa shape index (κ2) is 4.74. The molecule has 58 valence electrons. The molecule has 1 aromatic heterocycles. The minimum absolute atomic E-state index is 1.04. The molecule has 0 saturated carbocycles. The maximum absolute atomic E-state index is 4.14. The van der Waals surface area contributed by atoms with E-state index in [-0.39, 0.29) is 0 Å². The van der Waals surface area contributed by atoms with Gasteiger partial charge in [-0.3, -0.25) is 0 Å². The highest BCUT2D eigenvalue weighted by Crippen LogP contribution is 2.27. The molecule has 1 heterocycles. The summed E-state index contributed by atoms with van der Waals surface area (Å²) in [4.78, 5) is 4.14. The summed E-state index contributed by atoms with van der Waals surface area (Å²) in [6, 6.07) is 0. The molecular weight excluding hydrogens is 242 g/mol. The predicted octanol–water partition coefficient (Wildman–Crippen LogP) is 3.70. The fourth-order valence-corrected chi connectivity index (χ4v) is 2.76. The Labute approximate surface area is 82.4 Å². The van der Waals surface area contributed by atoms with Crippen molar-refractivity contribution in [1.82, 2.24) is 4.98 Å². The van der Waals surface area contributed by atoms with Crippen LogP contribution in [0.2, 0.25) is 0 Å². The first-order valence-electron chi connectivity index (χ1n) is 2.88. The molecule has 0 radical (unpaired) electrons. The van der Waals surface area contributed by atoms with Crippen LogP contribution in [0.15, 0.2) is 38.5 Å². The molecule has 0 aromatic carbocycles. The minimum Gasteiger partial charge on any atom is -0.237 e. The Kier molecular flexibility index (Phi) is 3.90. The number of nitrogens with zero attached hydrogens (tertiary/aromatic N) is 1. The van der Waals surface area contributed by atoms with Crippen molar-refractivity contribution in [3.05, 3.63) is 34.1 Å². The van der Waals surface area contributed by atoms with Crippen LogP contribution in [0.5, 0.6) is 0 Å². The standard InChI is InChI=1S/C7H6BrNS2/c1-2-3-4-10-7-9-5-6(8)11-7/h2-5H,1H2/b4-3+. The van der Waals surface area contributed by atoms with Crippen molar-refractivity contribution in [3.8, 4) is 0 Å². The Morgan fingerprint density at radius 2 is 2.55 bits per heavy atom. The zero-order valence-corrected chi connectivity index (χ0v) is 8.88. The Morgan fingerprint density at radius 1 is 1.73 bits per heavy atom. The van der Waals surface area contributed by atoms with E-state index in [9.17, 15) is 0 Å². The first-order valence-corrected chi connectivity index (χ1v) is 5.37. The normalized spacial score (nSPS) is 10.6. The predicted molar refractivity (Wildman–Crippen MR) is 55.0 cm³/mol. The van der Waals surface area contributed by atoms with Gasteiger partial charge < -0.3 is 0 Å². The average Bonchev–Trinajstić information content (AvgIpc) is 2.37. The molecule has 0 spiro atoms. The van der Waals surface area contributed by atoms with Gasteiger partial charge in [-0.2, -0.15) is 0 Å². The van der Waals surface area contributed by atoms with E-state index in [1.54, 1.807) is 35.4 Å². The molecule has 0 aliphatic carbocycles. The van der Waals surface area contributed by atoms with Gasteiger partial charge in [0.25, 0.3) is 0 Å². The van der Waals surface area contributed by atoms with Crippen LogP contribution in [0.25, 0.3) is 0 Å². The van der Waals surface area contributed by atoms with Crippen molar-refractivity contribution in [3.63, 3.8) is 0 Å². The number of aromatic nitrogens is 1. The Balaban J connectivity index is 2.51. The molecule has 0 fully saturated rings. The molecule has 0 amide bonds. The van der Waals surface area contributed by atoms with Crippen LogP contribution < -0.4 is 0 Å². The number of thioether (sulfide) groups is 1. The summed E-state index contributed by atoms with van der Waals surface area (Å²) in [7, 11) is 0.